The van der Waals surface area contributed by atoms with E-state index in [0.29, 0.717) is 11.7 Å². The lowest BCUT2D eigenvalue weighted by molar-refractivity contribution is -0.121. The number of hydrogen-bond acceptors (Lipinski definition) is 2. The molecule has 2 nitrogen and oxygen atoms in total. The summed E-state index contributed by atoms with van der Waals surface area (Å²) in [6.45, 7) is 6.87. The average molecular weight is 209 g/mol. The van der Waals surface area contributed by atoms with E-state index in [1.165, 1.54) is 19.4 Å². The minimum atomic E-state index is 0.365. The van der Waals surface area contributed by atoms with Crippen molar-refractivity contribution in [2.24, 2.45) is 11.8 Å². The molecule has 2 unspecified atom stereocenters. The molecule has 2 heteroatoms. The van der Waals surface area contributed by atoms with Crippen LogP contribution in [-0.2, 0) is 4.79 Å². The smallest absolute Gasteiger partial charge is 0.137 e. The Kier molecular flexibility index (Phi) is 3.45. The average Bonchev–Trinajstić information content (AvgIpc) is 2.77. The first-order chi connectivity index (χ1) is 7.18. The number of ketones is 1. The van der Waals surface area contributed by atoms with Gasteiger partial charge < -0.3 is 0 Å². The van der Waals surface area contributed by atoms with Crippen molar-refractivity contribution in [2.45, 2.75) is 52.0 Å². The number of likely N-dealkylation sites (tertiary alicyclic amines) is 1. The predicted octanol–water partition coefficient (Wildman–Crippen LogP) is 2.48. The number of hydrogen-bond donors (Lipinski definition) is 0. The highest BCUT2D eigenvalue weighted by atomic mass is 16.1. The number of nitrogens with zero attached hydrogens (tertiary/aromatic N) is 1. The number of carbonyl (C=O) groups excluding carboxylic acids is 1. The minimum absolute atomic E-state index is 0.365. The maximum absolute atomic E-state index is 11.6. The molecule has 2 atom stereocenters. The lowest BCUT2D eigenvalue weighted by atomic mass is 10.00. The highest BCUT2D eigenvalue weighted by Crippen LogP contribution is 2.28. The van der Waals surface area contributed by atoms with E-state index in [4.69, 9.17) is 0 Å². The van der Waals surface area contributed by atoms with Gasteiger partial charge in [0.2, 0.25) is 0 Å². The van der Waals surface area contributed by atoms with Crippen molar-refractivity contribution in [3.63, 3.8) is 0 Å². The largest absolute Gasteiger partial charge is 0.299 e. The normalized spacial score (nSPS) is 33.1. The summed E-state index contributed by atoms with van der Waals surface area (Å²) < 4.78 is 0. The van der Waals surface area contributed by atoms with Crippen LogP contribution in [0.4, 0.5) is 0 Å². The second-order valence-electron chi connectivity index (χ2n) is 5.50. The Morgan fingerprint density at radius 3 is 2.73 bits per heavy atom. The van der Waals surface area contributed by atoms with E-state index in [1.807, 2.05) is 0 Å². The van der Waals surface area contributed by atoms with Gasteiger partial charge in [0, 0.05) is 24.9 Å². The van der Waals surface area contributed by atoms with Gasteiger partial charge in [-0.3, -0.25) is 9.69 Å². The summed E-state index contributed by atoms with van der Waals surface area (Å²) in [4.78, 5) is 14.2. The molecule has 1 aliphatic carbocycles. The Morgan fingerprint density at radius 2 is 2.13 bits per heavy atom. The van der Waals surface area contributed by atoms with Crippen LogP contribution in [0, 0.1) is 11.8 Å². The number of carbonyl (C=O) groups is 1. The first-order valence-corrected chi connectivity index (χ1v) is 6.45. The third kappa shape index (κ3) is 2.41. The summed E-state index contributed by atoms with van der Waals surface area (Å²) >= 11 is 0. The third-order valence-electron chi connectivity index (χ3n) is 4.07. The predicted molar refractivity (Wildman–Crippen MR) is 61.8 cm³/mol. The summed E-state index contributed by atoms with van der Waals surface area (Å²) in [5.41, 5.74) is 0. The third-order valence-corrected chi connectivity index (χ3v) is 4.07. The number of Topliss-reactive ketones (excluding diaryl/α,β-unsaturated/α-hetero) is 1. The van der Waals surface area contributed by atoms with Gasteiger partial charge >= 0.3 is 0 Å². The molecule has 0 aromatic heterocycles. The van der Waals surface area contributed by atoms with Crippen LogP contribution in [0.15, 0.2) is 0 Å². The van der Waals surface area contributed by atoms with Crippen LogP contribution < -0.4 is 0 Å². The zero-order valence-corrected chi connectivity index (χ0v) is 10.0. The van der Waals surface area contributed by atoms with E-state index in [9.17, 15) is 4.79 Å². The molecule has 0 amide bonds. The molecular formula is C13H23NO. The van der Waals surface area contributed by atoms with Gasteiger partial charge in [0.25, 0.3) is 0 Å². The topological polar surface area (TPSA) is 20.3 Å². The first-order valence-electron chi connectivity index (χ1n) is 6.45. The van der Waals surface area contributed by atoms with Gasteiger partial charge in [-0.05, 0) is 38.1 Å². The monoisotopic (exact) mass is 209 g/mol. The van der Waals surface area contributed by atoms with Gasteiger partial charge in [-0.15, -0.1) is 0 Å². The fourth-order valence-corrected chi connectivity index (χ4v) is 3.20. The van der Waals surface area contributed by atoms with Gasteiger partial charge in [0.05, 0.1) is 0 Å². The van der Waals surface area contributed by atoms with Crippen LogP contribution in [0.5, 0.6) is 0 Å². The molecule has 0 spiro atoms. The van der Waals surface area contributed by atoms with Crippen molar-refractivity contribution in [3.8, 4) is 0 Å². The summed E-state index contributed by atoms with van der Waals surface area (Å²) in [6.07, 6.45) is 5.76. The molecule has 2 fully saturated rings. The standard InChI is InChI=1S/C13H23NO/c1-10(2)12-6-4-8-14(12)9-11-5-3-7-13(11)15/h10-12H,3-9H2,1-2H3. The van der Waals surface area contributed by atoms with E-state index < -0.39 is 0 Å². The Balaban J connectivity index is 1.90. The van der Waals surface area contributed by atoms with Crippen LogP contribution in [0.3, 0.4) is 0 Å². The molecule has 1 aliphatic heterocycles. The lowest BCUT2D eigenvalue weighted by Crippen LogP contribution is -2.38. The van der Waals surface area contributed by atoms with Crippen LogP contribution in [0.25, 0.3) is 0 Å². The van der Waals surface area contributed by atoms with E-state index in [0.717, 1.165) is 37.8 Å². The van der Waals surface area contributed by atoms with Crippen molar-refractivity contribution in [3.05, 3.63) is 0 Å². The van der Waals surface area contributed by atoms with Crippen LogP contribution >= 0.6 is 0 Å². The van der Waals surface area contributed by atoms with Crippen molar-refractivity contribution < 1.29 is 4.79 Å². The first kappa shape index (κ1) is 11.1. The summed E-state index contributed by atoms with van der Waals surface area (Å²) in [5.74, 6) is 1.62. The highest BCUT2D eigenvalue weighted by molar-refractivity contribution is 5.83. The maximum atomic E-state index is 11.6. The molecule has 0 radical (unpaired) electrons. The summed E-state index contributed by atoms with van der Waals surface area (Å²) in [6, 6.07) is 0.735. The van der Waals surface area contributed by atoms with Crippen molar-refractivity contribution >= 4 is 5.78 Å². The molecule has 1 saturated heterocycles. The Hall–Kier alpha value is -0.370. The quantitative estimate of drug-likeness (QED) is 0.711. The van der Waals surface area contributed by atoms with Crippen LogP contribution in [0.1, 0.15) is 46.0 Å². The van der Waals surface area contributed by atoms with Crippen molar-refractivity contribution in [1.82, 2.24) is 4.90 Å². The molecule has 0 bridgehead atoms. The van der Waals surface area contributed by atoms with Gasteiger partial charge in [0.15, 0.2) is 0 Å². The fourth-order valence-electron chi connectivity index (χ4n) is 3.20. The molecule has 2 rings (SSSR count). The number of rotatable bonds is 3. The zero-order valence-electron chi connectivity index (χ0n) is 10.0. The Bertz CT molecular complexity index is 237. The second-order valence-corrected chi connectivity index (χ2v) is 5.50. The van der Waals surface area contributed by atoms with E-state index in [-0.39, 0.29) is 0 Å². The van der Waals surface area contributed by atoms with E-state index in [2.05, 4.69) is 18.7 Å². The highest BCUT2D eigenvalue weighted by Gasteiger charge is 2.32. The van der Waals surface area contributed by atoms with Crippen LogP contribution in [-0.4, -0.2) is 29.8 Å². The zero-order chi connectivity index (χ0) is 10.8. The van der Waals surface area contributed by atoms with Crippen LogP contribution in [0.2, 0.25) is 0 Å². The molecule has 15 heavy (non-hydrogen) atoms. The van der Waals surface area contributed by atoms with E-state index in [1.54, 1.807) is 0 Å². The molecule has 1 heterocycles. The van der Waals surface area contributed by atoms with E-state index >= 15 is 0 Å². The van der Waals surface area contributed by atoms with Gasteiger partial charge in [-0.25, -0.2) is 0 Å². The summed E-state index contributed by atoms with van der Waals surface area (Å²) in [5, 5.41) is 0. The molecule has 86 valence electrons. The van der Waals surface area contributed by atoms with Crippen molar-refractivity contribution in [2.75, 3.05) is 13.1 Å². The summed E-state index contributed by atoms with van der Waals surface area (Å²) in [7, 11) is 0. The molecule has 2 aliphatic rings. The fraction of sp³-hybridized carbons (Fsp3) is 0.923. The Labute approximate surface area is 93.0 Å². The van der Waals surface area contributed by atoms with Crippen molar-refractivity contribution in [1.29, 1.82) is 0 Å². The lowest BCUT2D eigenvalue weighted by Gasteiger charge is -2.29. The minimum Gasteiger partial charge on any atom is -0.299 e. The van der Waals surface area contributed by atoms with Gasteiger partial charge in [0.1, 0.15) is 5.78 Å². The molecule has 1 saturated carbocycles. The van der Waals surface area contributed by atoms with Gasteiger partial charge in [-0.1, -0.05) is 13.8 Å². The second kappa shape index (κ2) is 4.65. The Morgan fingerprint density at radius 1 is 1.33 bits per heavy atom. The molecule has 0 N–H and O–H groups in total. The molecule has 0 aromatic carbocycles. The SMILES string of the molecule is CC(C)C1CCCN1CC1CCCC1=O. The molecular weight excluding hydrogens is 186 g/mol. The van der Waals surface area contributed by atoms with Gasteiger partial charge in [-0.2, -0.15) is 0 Å². The molecule has 0 aromatic rings. The maximum Gasteiger partial charge on any atom is 0.137 e.